The van der Waals surface area contributed by atoms with E-state index in [0.717, 1.165) is 19.3 Å². The fourth-order valence-corrected chi connectivity index (χ4v) is 2.42. The molecule has 0 fully saturated rings. The molecule has 2 atom stereocenters. The number of amides is 8. The standard InChI is InChI=1S/C19H32N8O9.C4H11N3.C2H4O.2C2H6/c1-4-12(28)20-7-15(31)25-10(2)18(34)23-6-14(30)21-5-13(29)22-8-16(32)26-11(3)19(35)24-9-17(33)27-36;1-2-3-7-4(5)6;1-2-3;2*1-2/h10-11,36H,4-9H2,1-3H3,(H,20,28)(H,21,30)(H,22,29)(H,23,34)(H,24,35)(H,25,31)(H,26,32)(H,27,33);2-3H2,1H3,(H4,5,6,7);2H,1H3;2*1-2H3. The average Bonchev–Trinajstić information content (AvgIpc) is 3.10. The first-order chi connectivity index (χ1) is 23.6. The molecular weight excluding hydrogens is 662 g/mol. The van der Waals surface area contributed by atoms with Crippen molar-refractivity contribution in [3.8, 4) is 0 Å². The van der Waals surface area contributed by atoms with Crippen LogP contribution in [0.1, 0.15) is 75.2 Å². The highest BCUT2D eigenvalue weighted by molar-refractivity contribution is 5.94. The van der Waals surface area contributed by atoms with Gasteiger partial charge in [-0.1, -0.05) is 41.5 Å². The van der Waals surface area contributed by atoms with E-state index in [4.69, 9.17) is 21.5 Å². The first-order valence-corrected chi connectivity index (χ1v) is 15.9. The lowest BCUT2D eigenvalue weighted by atomic mass is 10.3. The van der Waals surface area contributed by atoms with Gasteiger partial charge in [-0.05, 0) is 27.2 Å². The average molecular weight is 722 g/mol. The molecule has 0 heterocycles. The molecule has 13 N–H and O–H groups in total. The van der Waals surface area contributed by atoms with Gasteiger partial charge in [-0.15, -0.1) is 0 Å². The van der Waals surface area contributed by atoms with Crippen LogP contribution in [0, 0.1) is 0 Å². The summed E-state index contributed by atoms with van der Waals surface area (Å²) in [6.07, 6.45) is 1.95. The van der Waals surface area contributed by atoms with Crippen LogP contribution in [0.3, 0.4) is 0 Å². The maximum Gasteiger partial charge on any atom is 0.262 e. The Morgan fingerprint density at radius 3 is 1.24 bits per heavy atom. The van der Waals surface area contributed by atoms with Crippen LogP contribution in [0.2, 0.25) is 0 Å². The van der Waals surface area contributed by atoms with Crippen molar-refractivity contribution in [3.05, 3.63) is 0 Å². The topological polar surface area (TPSA) is 334 Å². The highest BCUT2D eigenvalue weighted by Crippen LogP contribution is 1.84. The fraction of sp³-hybridized carbons (Fsp3) is 0.655. The van der Waals surface area contributed by atoms with Gasteiger partial charge in [0.2, 0.25) is 41.4 Å². The maximum absolute atomic E-state index is 11.9. The van der Waals surface area contributed by atoms with Crippen molar-refractivity contribution in [1.82, 2.24) is 42.7 Å². The van der Waals surface area contributed by atoms with Crippen LogP contribution in [0.4, 0.5) is 0 Å². The van der Waals surface area contributed by atoms with Gasteiger partial charge in [0.05, 0.1) is 32.7 Å². The number of guanidine groups is 1. The molecule has 0 saturated carbocycles. The van der Waals surface area contributed by atoms with Crippen LogP contribution in [0.15, 0.2) is 4.99 Å². The third kappa shape index (κ3) is 38.8. The first kappa shape index (κ1) is 54.1. The Morgan fingerprint density at radius 1 is 0.620 bits per heavy atom. The quantitative estimate of drug-likeness (QED) is 0.0228. The highest BCUT2D eigenvalue weighted by atomic mass is 16.5. The molecule has 0 rings (SSSR count). The number of nitrogens with zero attached hydrogens (tertiary/aromatic N) is 1. The first-order valence-electron chi connectivity index (χ1n) is 15.9. The number of nitrogens with one attached hydrogen (secondary N) is 8. The SMILES string of the molecule is CC.CC.CC=O.CCC(=O)NCC(=O)NC(C)C(=O)NCC(=O)NCC(=O)NCC(=O)NC(C)C(=O)NCC(=O)NO.CCCN=C(N)N. The second kappa shape index (κ2) is 38.1. The lowest BCUT2D eigenvalue weighted by Crippen LogP contribution is -2.51. The molecule has 0 aliphatic carbocycles. The summed E-state index contributed by atoms with van der Waals surface area (Å²) < 4.78 is 0. The molecule has 0 radical (unpaired) electrons. The van der Waals surface area contributed by atoms with Gasteiger partial charge in [0.15, 0.2) is 5.96 Å². The molecule has 21 heteroatoms. The van der Waals surface area contributed by atoms with Crippen molar-refractivity contribution >= 4 is 59.5 Å². The Kier molecular flexibility index (Phi) is 41.3. The molecule has 8 amide bonds. The predicted octanol–water partition coefficient (Wildman–Crippen LogP) is -3.58. The molecule has 50 heavy (non-hydrogen) atoms. The van der Waals surface area contributed by atoms with Crippen LogP contribution in [0.25, 0.3) is 0 Å². The lowest BCUT2D eigenvalue weighted by Gasteiger charge is -2.15. The minimum absolute atomic E-state index is 0.182. The molecule has 0 aromatic carbocycles. The Hall–Kier alpha value is -5.34. The van der Waals surface area contributed by atoms with Crippen LogP contribution < -0.4 is 54.2 Å². The van der Waals surface area contributed by atoms with Crippen molar-refractivity contribution in [1.29, 1.82) is 0 Å². The molecule has 2 unspecified atom stereocenters. The number of aliphatic imine (C=N–C) groups is 1. The third-order valence-electron chi connectivity index (χ3n) is 4.69. The van der Waals surface area contributed by atoms with Gasteiger partial charge >= 0.3 is 0 Å². The van der Waals surface area contributed by atoms with Crippen LogP contribution in [-0.2, 0) is 43.2 Å². The zero-order chi connectivity index (χ0) is 40.1. The van der Waals surface area contributed by atoms with Gasteiger partial charge in [-0.3, -0.25) is 48.6 Å². The normalized spacial score (nSPS) is 9.96. The lowest BCUT2D eigenvalue weighted by molar-refractivity contribution is -0.132. The van der Waals surface area contributed by atoms with E-state index < -0.39 is 79.6 Å². The Labute approximate surface area is 293 Å². The van der Waals surface area contributed by atoms with Crippen molar-refractivity contribution in [2.45, 2.75) is 87.2 Å². The predicted molar refractivity (Wildman–Crippen MR) is 186 cm³/mol. The van der Waals surface area contributed by atoms with E-state index in [1.54, 1.807) is 6.92 Å². The number of hydrogen-bond acceptors (Lipinski definition) is 11. The largest absolute Gasteiger partial charge is 0.370 e. The minimum atomic E-state index is -1.04. The molecule has 0 aromatic heterocycles. The van der Waals surface area contributed by atoms with Crippen molar-refractivity contribution in [2.24, 2.45) is 16.5 Å². The van der Waals surface area contributed by atoms with Crippen LogP contribution in [-0.4, -0.2) is 116 Å². The van der Waals surface area contributed by atoms with Crippen molar-refractivity contribution in [3.63, 3.8) is 0 Å². The van der Waals surface area contributed by atoms with Gasteiger partial charge in [0.25, 0.3) is 5.91 Å². The van der Waals surface area contributed by atoms with Gasteiger partial charge in [-0.25, -0.2) is 5.48 Å². The Morgan fingerprint density at radius 2 is 0.940 bits per heavy atom. The molecule has 0 bridgehead atoms. The molecular formula is C29H59N11O10. The maximum atomic E-state index is 11.9. The van der Waals surface area contributed by atoms with Crippen LogP contribution >= 0.6 is 0 Å². The summed E-state index contributed by atoms with van der Waals surface area (Å²) in [7, 11) is 0. The summed E-state index contributed by atoms with van der Waals surface area (Å²) in [5, 5.41) is 24.2. The number of nitrogens with two attached hydrogens (primary N) is 2. The Bertz CT molecular complexity index is 1050. The second-order valence-corrected chi connectivity index (χ2v) is 8.78. The van der Waals surface area contributed by atoms with Crippen molar-refractivity contribution < 1.29 is 48.4 Å². The summed E-state index contributed by atoms with van der Waals surface area (Å²) >= 11 is 0. The molecule has 0 aliphatic rings. The third-order valence-corrected chi connectivity index (χ3v) is 4.69. The number of aldehydes is 1. The molecule has 0 spiro atoms. The molecule has 21 nitrogen and oxygen atoms in total. The number of rotatable bonds is 17. The van der Waals surface area contributed by atoms with E-state index in [0.29, 0.717) is 0 Å². The van der Waals surface area contributed by atoms with Gasteiger partial charge < -0.3 is 53.5 Å². The summed E-state index contributed by atoms with van der Waals surface area (Å²) in [4.78, 5) is 105. The van der Waals surface area contributed by atoms with Gasteiger partial charge in [0.1, 0.15) is 18.4 Å². The van der Waals surface area contributed by atoms with E-state index in [1.165, 1.54) is 26.3 Å². The summed E-state index contributed by atoms with van der Waals surface area (Å²) in [6.45, 7) is 14.2. The Balaban J connectivity index is -0.000000409. The monoisotopic (exact) mass is 721 g/mol. The van der Waals surface area contributed by atoms with Crippen molar-refractivity contribution in [2.75, 3.05) is 39.3 Å². The molecule has 0 saturated heterocycles. The van der Waals surface area contributed by atoms with Gasteiger partial charge in [0, 0.05) is 13.0 Å². The summed E-state index contributed by atoms with van der Waals surface area (Å²) in [6, 6.07) is -2.02. The van der Waals surface area contributed by atoms with E-state index in [9.17, 15) is 38.4 Å². The van der Waals surface area contributed by atoms with E-state index in [2.05, 4.69) is 42.2 Å². The van der Waals surface area contributed by atoms with E-state index in [1.807, 2.05) is 34.6 Å². The minimum Gasteiger partial charge on any atom is -0.370 e. The summed E-state index contributed by atoms with van der Waals surface area (Å²) in [5.41, 5.74) is 11.3. The molecule has 290 valence electrons. The molecule has 0 aliphatic heterocycles. The number of hydrogen-bond donors (Lipinski definition) is 11. The smallest absolute Gasteiger partial charge is 0.262 e. The fourth-order valence-electron chi connectivity index (χ4n) is 2.42. The van der Waals surface area contributed by atoms with E-state index in [-0.39, 0.29) is 24.8 Å². The zero-order valence-corrected chi connectivity index (χ0v) is 30.6. The molecule has 0 aromatic rings. The summed E-state index contributed by atoms with van der Waals surface area (Å²) in [5.74, 6) is -5.12. The zero-order valence-electron chi connectivity index (χ0n) is 30.6. The number of hydroxylamine groups is 1. The number of carbonyl (C=O) groups is 9. The van der Waals surface area contributed by atoms with Crippen LogP contribution in [0.5, 0.6) is 0 Å². The second-order valence-electron chi connectivity index (χ2n) is 8.78. The van der Waals surface area contributed by atoms with Gasteiger partial charge in [-0.2, -0.15) is 0 Å². The highest BCUT2D eigenvalue weighted by Gasteiger charge is 2.18. The number of carbonyl (C=O) groups excluding carboxylic acids is 9. The van der Waals surface area contributed by atoms with E-state index >= 15 is 0 Å².